The zero-order valence-electron chi connectivity index (χ0n) is 12.4. The molecule has 0 saturated heterocycles. The summed E-state index contributed by atoms with van der Waals surface area (Å²) in [6.45, 7) is 0.290. The van der Waals surface area contributed by atoms with Crippen LogP contribution in [0, 0.1) is 5.82 Å². The third-order valence-corrected chi connectivity index (χ3v) is 4.44. The molecule has 0 saturated carbocycles. The maximum absolute atomic E-state index is 13.3. The summed E-state index contributed by atoms with van der Waals surface area (Å²) in [5.41, 5.74) is 1.67. The predicted molar refractivity (Wildman–Crippen MR) is 86.8 cm³/mol. The van der Waals surface area contributed by atoms with Gasteiger partial charge in [-0.15, -0.1) is 0 Å². The Morgan fingerprint density at radius 1 is 1.04 bits per heavy atom. The highest BCUT2D eigenvalue weighted by Crippen LogP contribution is 2.32. The Kier molecular flexibility index (Phi) is 3.39. The van der Waals surface area contributed by atoms with E-state index in [9.17, 15) is 14.0 Å². The monoisotopic (exact) mass is 343 g/mol. The molecule has 0 bridgehead atoms. The lowest BCUT2D eigenvalue weighted by molar-refractivity contribution is 0.0847. The normalized spacial score (nSPS) is 16.7. The maximum atomic E-state index is 13.3. The van der Waals surface area contributed by atoms with E-state index in [2.05, 4.69) is 0 Å². The first-order valence-corrected chi connectivity index (χ1v) is 7.68. The fourth-order valence-electron chi connectivity index (χ4n) is 2.93. The van der Waals surface area contributed by atoms with E-state index in [0.717, 1.165) is 0 Å². The highest BCUT2D eigenvalue weighted by Gasteiger charge is 2.37. The van der Waals surface area contributed by atoms with Gasteiger partial charge in [-0.25, -0.2) is 4.39 Å². The van der Waals surface area contributed by atoms with Crippen LogP contribution in [0.2, 0.25) is 5.02 Å². The van der Waals surface area contributed by atoms with Gasteiger partial charge in [0.2, 0.25) is 5.78 Å². The molecule has 2 aromatic rings. The number of halogens is 2. The summed E-state index contributed by atoms with van der Waals surface area (Å²) < 4.78 is 18.9. The molecule has 0 atom stereocenters. The summed E-state index contributed by atoms with van der Waals surface area (Å²) in [6.07, 6.45) is 0. The van der Waals surface area contributed by atoms with Gasteiger partial charge in [-0.05, 0) is 18.2 Å². The Labute approximate surface area is 142 Å². The second-order valence-corrected chi connectivity index (χ2v) is 5.99. The van der Waals surface area contributed by atoms with E-state index < -0.39 is 5.82 Å². The standard InChI is InChI=1S/C18H11ClFNO3/c19-14-7-10(5-6-15(14)20)21-8-13-16(22)11-3-1-2-4-12(11)17(23)18(13)24-9-21/h1-7H,8-9H2. The van der Waals surface area contributed by atoms with Crippen molar-refractivity contribution >= 4 is 28.9 Å². The van der Waals surface area contributed by atoms with Crippen molar-refractivity contribution in [1.82, 2.24) is 0 Å². The Morgan fingerprint density at radius 2 is 1.75 bits per heavy atom. The number of allylic oxidation sites excluding steroid dienone is 1. The van der Waals surface area contributed by atoms with Crippen molar-refractivity contribution in [2.75, 3.05) is 18.2 Å². The van der Waals surface area contributed by atoms with Crippen LogP contribution in [0.3, 0.4) is 0 Å². The Balaban J connectivity index is 1.72. The molecule has 1 heterocycles. The number of ketones is 2. The average Bonchev–Trinajstić information content (AvgIpc) is 2.61. The van der Waals surface area contributed by atoms with Crippen LogP contribution < -0.4 is 4.90 Å². The molecule has 2 aliphatic rings. The zero-order valence-corrected chi connectivity index (χ0v) is 13.1. The molecule has 0 N–H and O–H groups in total. The van der Waals surface area contributed by atoms with E-state index in [0.29, 0.717) is 22.4 Å². The van der Waals surface area contributed by atoms with E-state index >= 15 is 0 Å². The van der Waals surface area contributed by atoms with Gasteiger partial charge < -0.3 is 9.64 Å². The molecule has 2 aromatic carbocycles. The molecule has 1 aliphatic heterocycles. The van der Waals surface area contributed by atoms with Crippen LogP contribution in [0.4, 0.5) is 10.1 Å². The smallest absolute Gasteiger partial charge is 0.228 e. The van der Waals surface area contributed by atoms with Crippen molar-refractivity contribution in [3.63, 3.8) is 0 Å². The Hall–Kier alpha value is -2.66. The molecule has 0 aromatic heterocycles. The highest BCUT2D eigenvalue weighted by atomic mass is 35.5. The fourth-order valence-corrected chi connectivity index (χ4v) is 3.10. The largest absolute Gasteiger partial charge is 0.468 e. The van der Waals surface area contributed by atoms with Crippen LogP contribution >= 0.6 is 11.6 Å². The van der Waals surface area contributed by atoms with Gasteiger partial charge in [-0.1, -0.05) is 35.9 Å². The molecular formula is C18H11ClFNO3. The first-order chi connectivity index (χ1) is 11.6. The van der Waals surface area contributed by atoms with Gasteiger partial charge in [0.15, 0.2) is 18.3 Å². The van der Waals surface area contributed by atoms with Crippen LogP contribution in [0.5, 0.6) is 0 Å². The number of carbonyl (C=O) groups is 2. The summed E-state index contributed by atoms with van der Waals surface area (Å²) in [6, 6.07) is 11.0. The number of rotatable bonds is 1. The summed E-state index contributed by atoms with van der Waals surface area (Å²) in [5.74, 6) is -0.922. The molecule has 0 amide bonds. The highest BCUT2D eigenvalue weighted by molar-refractivity contribution is 6.31. The van der Waals surface area contributed by atoms with Gasteiger partial charge in [-0.3, -0.25) is 9.59 Å². The predicted octanol–water partition coefficient (Wildman–Crippen LogP) is 3.61. The van der Waals surface area contributed by atoms with Crippen molar-refractivity contribution < 1.29 is 18.7 Å². The number of fused-ring (bicyclic) bond motifs is 1. The quantitative estimate of drug-likeness (QED) is 0.793. The first-order valence-electron chi connectivity index (χ1n) is 7.30. The van der Waals surface area contributed by atoms with Crippen molar-refractivity contribution in [2.24, 2.45) is 0 Å². The minimum atomic E-state index is -0.518. The van der Waals surface area contributed by atoms with E-state index in [1.807, 2.05) is 0 Å². The second-order valence-electron chi connectivity index (χ2n) is 5.58. The summed E-state index contributed by atoms with van der Waals surface area (Å²) in [7, 11) is 0. The number of carbonyl (C=O) groups excluding carboxylic acids is 2. The van der Waals surface area contributed by atoms with Crippen LogP contribution in [-0.4, -0.2) is 24.8 Å². The number of hydrogen-bond donors (Lipinski definition) is 0. The summed E-state index contributed by atoms with van der Waals surface area (Å²) >= 11 is 5.81. The SMILES string of the molecule is O=C1C2=C(OCN(c3ccc(F)c(Cl)c3)C2)C(=O)c2ccccc21. The van der Waals surface area contributed by atoms with Crippen LogP contribution in [0.1, 0.15) is 20.7 Å². The van der Waals surface area contributed by atoms with E-state index in [-0.39, 0.29) is 35.6 Å². The minimum absolute atomic E-state index is 0.0105. The molecule has 6 heteroatoms. The van der Waals surface area contributed by atoms with Crippen molar-refractivity contribution in [3.8, 4) is 0 Å². The van der Waals surface area contributed by atoms with Gasteiger partial charge in [0.25, 0.3) is 0 Å². The van der Waals surface area contributed by atoms with Crippen molar-refractivity contribution in [3.05, 3.63) is 75.8 Å². The number of hydrogen-bond acceptors (Lipinski definition) is 4. The molecule has 120 valence electrons. The van der Waals surface area contributed by atoms with E-state index in [1.54, 1.807) is 35.2 Å². The lowest BCUT2D eigenvalue weighted by atomic mass is 9.87. The molecule has 0 spiro atoms. The van der Waals surface area contributed by atoms with Gasteiger partial charge in [0.05, 0.1) is 17.1 Å². The first kappa shape index (κ1) is 14.9. The van der Waals surface area contributed by atoms with E-state index in [4.69, 9.17) is 16.3 Å². The lowest BCUT2D eigenvalue weighted by Gasteiger charge is -2.33. The van der Waals surface area contributed by atoms with Gasteiger partial charge in [0.1, 0.15) is 5.82 Å². The molecule has 4 nitrogen and oxygen atoms in total. The molecule has 0 radical (unpaired) electrons. The van der Waals surface area contributed by atoms with Crippen molar-refractivity contribution in [1.29, 1.82) is 0 Å². The van der Waals surface area contributed by atoms with Crippen LogP contribution in [0.25, 0.3) is 0 Å². The number of ether oxygens (including phenoxy) is 1. The maximum Gasteiger partial charge on any atom is 0.228 e. The average molecular weight is 344 g/mol. The van der Waals surface area contributed by atoms with Crippen LogP contribution in [0.15, 0.2) is 53.8 Å². The van der Waals surface area contributed by atoms with Gasteiger partial charge in [0, 0.05) is 16.8 Å². The molecule has 4 rings (SSSR count). The molecular weight excluding hydrogens is 333 g/mol. The molecule has 0 unspecified atom stereocenters. The fraction of sp³-hybridized carbons (Fsp3) is 0.111. The van der Waals surface area contributed by atoms with Gasteiger partial charge in [-0.2, -0.15) is 0 Å². The third kappa shape index (κ3) is 2.20. The minimum Gasteiger partial charge on any atom is -0.468 e. The second kappa shape index (κ2) is 5.46. The Bertz CT molecular complexity index is 922. The Morgan fingerprint density at radius 3 is 2.46 bits per heavy atom. The molecule has 24 heavy (non-hydrogen) atoms. The van der Waals surface area contributed by atoms with Crippen LogP contribution in [-0.2, 0) is 4.74 Å². The number of Topliss-reactive ketones (excluding diaryl/α,β-unsaturated/α-hetero) is 2. The van der Waals surface area contributed by atoms with E-state index in [1.165, 1.54) is 12.1 Å². The number of anilines is 1. The number of benzene rings is 2. The summed E-state index contributed by atoms with van der Waals surface area (Å²) in [4.78, 5) is 26.9. The zero-order chi connectivity index (χ0) is 16.8. The summed E-state index contributed by atoms with van der Waals surface area (Å²) in [5, 5.41) is -0.0105. The number of nitrogens with zero attached hydrogens (tertiary/aromatic N) is 1. The van der Waals surface area contributed by atoms with Gasteiger partial charge >= 0.3 is 0 Å². The van der Waals surface area contributed by atoms with Crippen molar-refractivity contribution in [2.45, 2.75) is 0 Å². The molecule has 0 fully saturated rings. The lowest BCUT2D eigenvalue weighted by Crippen LogP contribution is -2.39. The third-order valence-electron chi connectivity index (χ3n) is 4.15. The topological polar surface area (TPSA) is 46.6 Å². The molecule has 1 aliphatic carbocycles.